The van der Waals surface area contributed by atoms with Crippen molar-refractivity contribution in [1.82, 2.24) is 72.3 Å². The van der Waals surface area contributed by atoms with Crippen LogP contribution in [0.3, 0.4) is 0 Å². The molecule has 13 heterocycles. The SMILES string of the molecule is c1ccc(-c2cccc(-c3cc4c(nc(-c5ccncc5)n4-c4ccccn4)c4c5ccccc5n(-c5ccccc5)c34)c2)cc1.c1ccc(-c2ccccc2-c2cc3c(nc(-c4ccncc4)n3-c3ccccn3)c3c4ccccc4n(-c4ccccc4)c23)cc1.c1ccc(-n2c3ccccc3c3c4nc(-c5ccncc5)n(-c5ccccn5)c4cc(-c4ccc(-c5cccs5)cc4)c32)cc1. The van der Waals surface area contributed by atoms with Crippen molar-refractivity contribution in [1.29, 1.82) is 0 Å². The van der Waals surface area contributed by atoms with Crippen LogP contribution in [0.1, 0.15) is 0 Å². The van der Waals surface area contributed by atoms with Gasteiger partial charge in [-0.15, -0.1) is 11.3 Å². The van der Waals surface area contributed by atoms with Crippen molar-refractivity contribution in [2.45, 2.75) is 0 Å². The van der Waals surface area contributed by atoms with Gasteiger partial charge in [0.05, 0.1) is 66.2 Å². The van der Waals surface area contributed by atoms with Crippen LogP contribution in [0.4, 0.5) is 0 Å². The van der Waals surface area contributed by atoms with Gasteiger partial charge in [0, 0.05) is 143 Å². The van der Waals surface area contributed by atoms with Crippen LogP contribution in [0.2, 0.25) is 0 Å². The van der Waals surface area contributed by atoms with Crippen LogP contribution in [-0.4, -0.2) is 72.3 Å². The topological polar surface area (TPSA) is 146 Å². The minimum atomic E-state index is 0.810. The third-order valence-corrected chi connectivity index (χ3v) is 26.7. The zero-order valence-corrected chi connectivity index (χ0v) is 74.5. The van der Waals surface area contributed by atoms with Gasteiger partial charge in [0.15, 0.2) is 0 Å². The second-order valence-corrected chi connectivity index (χ2v) is 34.6. The lowest BCUT2D eigenvalue weighted by Gasteiger charge is -2.16. The molecule has 0 aliphatic rings. The van der Waals surface area contributed by atoms with E-state index < -0.39 is 0 Å². The van der Waals surface area contributed by atoms with E-state index in [1.54, 1.807) is 11.3 Å². The molecule has 14 aromatic carbocycles. The van der Waals surface area contributed by atoms with E-state index in [9.17, 15) is 0 Å². The first kappa shape index (κ1) is 80.6. The van der Waals surface area contributed by atoms with E-state index in [1.807, 2.05) is 147 Å². The highest BCUT2D eigenvalue weighted by Gasteiger charge is 2.31. The third kappa shape index (κ3) is 14.2. The van der Waals surface area contributed by atoms with Gasteiger partial charge in [0.1, 0.15) is 34.9 Å². The monoisotopic (exact) mass is 1770 g/mol. The van der Waals surface area contributed by atoms with Crippen LogP contribution < -0.4 is 0 Å². The smallest absolute Gasteiger partial charge is 0.147 e. The Bertz CT molecular complexity index is 9140. The summed E-state index contributed by atoms with van der Waals surface area (Å²) >= 11 is 1.76. The molecule has 137 heavy (non-hydrogen) atoms. The van der Waals surface area contributed by atoms with Crippen molar-refractivity contribution in [3.8, 4) is 135 Å². The van der Waals surface area contributed by atoms with Crippen molar-refractivity contribution in [3.63, 3.8) is 0 Å². The first-order chi connectivity index (χ1) is 68.1. The van der Waals surface area contributed by atoms with Gasteiger partial charge in [-0.2, -0.15) is 0 Å². The van der Waals surface area contributed by atoms with E-state index in [0.717, 1.165) is 201 Å². The van der Waals surface area contributed by atoms with E-state index >= 15 is 0 Å². The summed E-state index contributed by atoms with van der Waals surface area (Å²) < 4.78 is 13.7. The molecule has 644 valence electrons. The Labute approximate surface area is 791 Å². The molecule has 0 saturated carbocycles. The quantitative estimate of drug-likeness (QED) is 0.0979. The number of aromatic nitrogens is 15. The van der Waals surface area contributed by atoms with Gasteiger partial charge in [-0.1, -0.05) is 261 Å². The van der Waals surface area contributed by atoms with Crippen LogP contribution in [-0.2, 0) is 0 Å². The summed E-state index contributed by atoms with van der Waals surface area (Å²) in [5.41, 5.74) is 31.5. The largest absolute Gasteiger partial charge is 0.309 e. The van der Waals surface area contributed by atoms with Crippen LogP contribution in [0.5, 0.6) is 0 Å². The highest BCUT2D eigenvalue weighted by atomic mass is 32.1. The molecule has 0 fully saturated rings. The maximum atomic E-state index is 5.44. The maximum Gasteiger partial charge on any atom is 0.147 e. The number of para-hydroxylation sites is 6. The molecule has 16 heteroatoms. The van der Waals surface area contributed by atoms with Crippen LogP contribution in [0.15, 0.2) is 480 Å². The highest BCUT2D eigenvalue weighted by Crippen LogP contribution is 2.51. The fourth-order valence-electron chi connectivity index (χ4n) is 19.8. The molecular formula is C121H79N15S. The van der Waals surface area contributed by atoms with Gasteiger partial charge in [-0.05, 0) is 208 Å². The summed E-state index contributed by atoms with van der Waals surface area (Å²) in [7, 11) is 0. The highest BCUT2D eigenvalue weighted by molar-refractivity contribution is 7.13. The average Bonchev–Trinajstić information content (AvgIpc) is 1.55. The van der Waals surface area contributed by atoms with Crippen LogP contribution in [0, 0.1) is 0 Å². The number of nitrogens with zero attached hydrogens (tertiary/aromatic N) is 15. The Morgan fingerprint density at radius 2 is 0.518 bits per heavy atom. The van der Waals surface area contributed by atoms with Gasteiger partial charge in [-0.25, -0.2) is 29.9 Å². The Morgan fingerprint density at radius 3 is 0.920 bits per heavy atom. The molecule has 15 nitrogen and oxygen atoms in total. The average molecular weight is 1780 g/mol. The van der Waals surface area contributed by atoms with E-state index in [1.165, 1.54) is 32.7 Å². The van der Waals surface area contributed by atoms with Crippen LogP contribution in [0.25, 0.3) is 233 Å². The van der Waals surface area contributed by atoms with E-state index in [4.69, 9.17) is 29.9 Å². The molecule has 0 saturated heterocycles. The minimum Gasteiger partial charge on any atom is -0.309 e. The normalized spacial score (nSPS) is 11.5. The number of thiophene rings is 1. The van der Waals surface area contributed by atoms with Crippen molar-refractivity contribution in [2.24, 2.45) is 0 Å². The molecular weight excluding hydrogens is 1700 g/mol. The van der Waals surface area contributed by atoms with Gasteiger partial charge < -0.3 is 13.7 Å². The first-order valence-corrected chi connectivity index (χ1v) is 46.5. The molecule has 0 bridgehead atoms. The van der Waals surface area contributed by atoms with Crippen molar-refractivity contribution in [3.05, 3.63) is 480 Å². The molecule has 0 radical (unpaired) electrons. The molecule has 27 rings (SSSR count). The summed E-state index contributed by atoms with van der Waals surface area (Å²) in [5.74, 6) is 4.91. The zero-order valence-electron chi connectivity index (χ0n) is 73.7. The van der Waals surface area contributed by atoms with Gasteiger partial charge in [0.2, 0.25) is 0 Å². The van der Waals surface area contributed by atoms with E-state index in [0.29, 0.717) is 0 Å². The maximum absolute atomic E-state index is 5.44. The van der Waals surface area contributed by atoms with Crippen molar-refractivity contribution < 1.29 is 0 Å². The van der Waals surface area contributed by atoms with Gasteiger partial charge in [0.25, 0.3) is 0 Å². The summed E-state index contributed by atoms with van der Waals surface area (Å²) in [6.45, 7) is 0. The lowest BCUT2D eigenvalue weighted by Crippen LogP contribution is -2.00. The number of imidazole rings is 3. The van der Waals surface area contributed by atoms with Crippen LogP contribution >= 0.6 is 11.3 Å². The van der Waals surface area contributed by atoms with Gasteiger partial charge >= 0.3 is 0 Å². The Balaban J connectivity index is 0.000000109. The summed E-state index contributed by atoms with van der Waals surface area (Å²) in [5, 5.41) is 8.93. The predicted molar refractivity (Wildman–Crippen MR) is 560 cm³/mol. The molecule has 0 aliphatic carbocycles. The van der Waals surface area contributed by atoms with Crippen molar-refractivity contribution in [2.75, 3.05) is 0 Å². The molecule has 0 amide bonds. The molecule has 27 aromatic rings. The number of fused-ring (bicyclic) bond motifs is 15. The number of pyridine rings is 6. The lowest BCUT2D eigenvalue weighted by atomic mass is 9.92. The summed E-state index contributed by atoms with van der Waals surface area (Å²) in [6.07, 6.45) is 16.4. The fourth-order valence-corrected chi connectivity index (χ4v) is 20.6. The fraction of sp³-hybridized carbons (Fsp3) is 0. The molecule has 0 unspecified atom stereocenters. The molecule has 13 aromatic heterocycles. The first-order valence-electron chi connectivity index (χ1n) is 45.6. The van der Waals surface area contributed by atoms with E-state index in [-0.39, 0.29) is 0 Å². The summed E-state index contributed by atoms with van der Waals surface area (Å²) in [6, 6.07) is 147. The third-order valence-electron chi connectivity index (χ3n) is 25.8. The lowest BCUT2D eigenvalue weighted by molar-refractivity contribution is 1.03. The predicted octanol–water partition coefficient (Wildman–Crippen LogP) is 29.8. The molecule has 0 aliphatic heterocycles. The minimum absolute atomic E-state index is 0.810. The number of hydrogen-bond donors (Lipinski definition) is 0. The molecule has 0 spiro atoms. The van der Waals surface area contributed by atoms with Crippen molar-refractivity contribution >= 4 is 110 Å². The van der Waals surface area contributed by atoms with Gasteiger partial charge in [-0.3, -0.25) is 28.7 Å². The number of benzene rings is 14. The molecule has 0 N–H and O–H groups in total. The molecule has 0 atom stereocenters. The van der Waals surface area contributed by atoms with E-state index in [2.05, 4.69) is 375 Å². The second kappa shape index (κ2) is 34.7. The Hall–Kier alpha value is -18.5. The number of rotatable bonds is 15. The number of hydrogen-bond acceptors (Lipinski definition) is 10. The standard InChI is InChI=1S/2C41H27N5.C39H25N5S/c1-3-13-28(14-4-1)31-17-7-8-18-32(31)34-27-36-39(44-41(29-22-25-42-26-23-29)46(36)37-21-11-12-24-43-37)38-33-19-9-10-20-35(33)45(40(34)38)30-15-5-2-6-16-30;1-3-12-28(13-4-1)30-14-11-15-31(26-30)34-27-36-39(44-41(29-21-24-42-25-22-29)46(36)37-20-9-10-23-43-37)38-33-18-7-8-19-35(33)45(40(34)38)32-16-5-2-6-17-32;1-2-9-29(10-3-1)43-32-12-5-4-11-30(32)36-37-33(25-31(38(36)43)26-15-17-27(18-16-26)34-13-8-24-45-34)44(35-14-6-7-21-41-35)39(42-37)28-19-22-40-23-20-28/h2*1-27H;1-25H. The second-order valence-electron chi connectivity index (χ2n) is 33.6. The Morgan fingerprint density at radius 1 is 0.190 bits per heavy atom. The summed E-state index contributed by atoms with van der Waals surface area (Å²) in [4.78, 5) is 44.8. The Kier molecular flexibility index (Phi) is 20.4. The zero-order chi connectivity index (χ0) is 90.6.